The maximum atomic E-state index is 13.2. The molecule has 6 nitrogen and oxygen atoms in total. The molecule has 2 aromatic carbocycles. The van der Waals surface area contributed by atoms with Crippen LogP contribution in [0.1, 0.15) is 52.4 Å². The molecular formula is C44H60F8O6Si2Ti. The van der Waals surface area contributed by atoms with E-state index in [0.717, 1.165) is 38.5 Å². The monoisotopic (exact) mass is 940 g/mol. The van der Waals surface area contributed by atoms with Crippen LogP contribution in [0.25, 0.3) is 0 Å². The fourth-order valence-corrected chi connectivity index (χ4v) is 7.14. The van der Waals surface area contributed by atoms with Crippen LogP contribution in [0.15, 0.2) is 34.7 Å². The Labute approximate surface area is 374 Å². The van der Waals surface area contributed by atoms with Gasteiger partial charge in [0.1, 0.15) is 13.2 Å². The molecule has 0 bridgehead atoms. The molecule has 0 aliphatic heterocycles. The van der Waals surface area contributed by atoms with Crippen molar-refractivity contribution in [3.05, 3.63) is 106 Å². The number of allylic oxidation sites excluding steroid dienone is 8. The molecule has 0 saturated heterocycles. The summed E-state index contributed by atoms with van der Waals surface area (Å²) in [6.07, 6.45) is 21.6. The molecule has 2 aromatic rings. The topological polar surface area (TPSA) is 55.4 Å². The van der Waals surface area contributed by atoms with Gasteiger partial charge in [-0.2, -0.15) is 12.2 Å². The first-order valence-electron chi connectivity index (χ1n) is 20.0. The molecule has 61 heavy (non-hydrogen) atoms. The Morgan fingerprint density at radius 2 is 0.738 bits per heavy atom. The normalized spacial score (nSPS) is 12.9. The molecule has 0 fully saturated rings. The van der Waals surface area contributed by atoms with E-state index >= 15 is 0 Å². The molecule has 0 saturated carbocycles. The number of rotatable bonds is 22. The van der Waals surface area contributed by atoms with E-state index in [9.17, 15) is 35.1 Å². The fraction of sp³-hybridized carbons (Fsp3) is 0.545. The first kappa shape index (κ1) is 58.4. The zero-order valence-electron chi connectivity index (χ0n) is 36.6. The molecule has 4 rings (SSSR count). The zero-order valence-corrected chi connectivity index (χ0v) is 40.2. The molecule has 340 valence electrons. The van der Waals surface area contributed by atoms with Crippen molar-refractivity contribution in [2.75, 3.05) is 66.1 Å². The Bertz CT molecular complexity index is 1510. The molecule has 0 atom stereocenters. The average molecular weight is 941 g/mol. The quantitative estimate of drug-likeness (QED) is 0.0385. The maximum Gasteiger partial charge on any atom is 4.00 e. The van der Waals surface area contributed by atoms with Crippen LogP contribution in [0.4, 0.5) is 35.1 Å². The Kier molecular flexibility index (Phi) is 30.8. The van der Waals surface area contributed by atoms with Crippen molar-refractivity contribution in [2.24, 2.45) is 0 Å². The number of ether oxygens (including phenoxy) is 6. The Hall–Kier alpha value is -2.57. The molecule has 0 aromatic heterocycles. The predicted octanol–water partition coefficient (Wildman–Crippen LogP) is 11.6. The van der Waals surface area contributed by atoms with Crippen LogP contribution < -0.4 is 9.47 Å². The molecule has 0 heterocycles. The van der Waals surface area contributed by atoms with E-state index in [-0.39, 0.29) is 48.1 Å². The number of halogens is 8. The molecular weight excluding hydrogens is 881 g/mol. The Balaban J connectivity index is 0.000000838. The van der Waals surface area contributed by atoms with Gasteiger partial charge in [0.15, 0.2) is 0 Å². The summed E-state index contributed by atoms with van der Waals surface area (Å²) < 4.78 is 134. The van der Waals surface area contributed by atoms with Crippen LogP contribution in [0, 0.1) is 70.8 Å². The van der Waals surface area contributed by atoms with Gasteiger partial charge >= 0.3 is 21.7 Å². The van der Waals surface area contributed by atoms with Crippen LogP contribution >= 0.6 is 0 Å². The van der Waals surface area contributed by atoms with Gasteiger partial charge in [0.25, 0.3) is 0 Å². The standard InChI is InChI=1S/2C14H17F4O3.2C8H13Si.Ti/c2*1-2-3-4-19-5-6-20-7-8-21-14-12(17)10(15)9-11(16)13(14)18;2*1-9(2,3)8-6-4-5-7-8;/h2*2-8H2,1H3;2*4,6H,5H2,1-3H3;/q4*-1;+4. The first-order valence-corrected chi connectivity index (χ1v) is 27.0. The third-order valence-corrected chi connectivity index (χ3v) is 11.9. The maximum absolute atomic E-state index is 13.2. The van der Waals surface area contributed by atoms with E-state index in [0.29, 0.717) is 39.6 Å². The number of hydrogen-bond donors (Lipinski definition) is 0. The van der Waals surface area contributed by atoms with Crippen LogP contribution in [0.3, 0.4) is 0 Å². The van der Waals surface area contributed by atoms with Gasteiger partial charge in [-0.3, -0.25) is 29.7 Å². The van der Waals surface area contributed by atoms with Gasteiger partial charge < -0.3 is 28.4 Å². The van der Waals surface area contributed by atoms with Crippen molar-refractivity contribution in [3.63, 3.8) is 0 Å². The van der Waals surface area contributed by atoms with Gasteiger partial charge in [-0.05, 0) is 12.8 Å². The molecule has 0 spiro atoms. The third kappa shape index (κ3) is 24.2. The Morgan fingerprint density at radius 3 is 0.967 bits per heavy atom. The van der Waals surface area contributed by atoms with E-state index in [1.54, 1.807) is 0 Å². The minimum atomic E-state index is -1.63. The summed E-state index contributed by atoms with van der Waals surface area (Å²) in [6, 6.07) is 2.54. The van der Waals surface area contributed by atoms with Crippen LogP contribution in [-0.2, 0) is 40.7 Å². The van der Waals surface area contributed by atoms with Crippen molar-refractivity contribution in [2.45, 2.75) is 91.7 Å². The van der Waals surface area contributed by atoms with E-state index in [1.807, 2.05) is 13.8 Å². The summed E-state index contributed by atoms with van der Waals surface area (Å²) >= 11 is 0. The van der Waals surface area contributed by atoms with Crippen LogP contribution in [0.2, 0.25) is 39.3 Å². The second-order valence-electron chi connectivity index (χ2n) is 15.2. The SMILES string of the molecule is CCCCOCCOCCOc1c(F)c(F)[c-]c(F)c1F.CCCCOCCOCCOc1c(F)c(F)[c-]c(F)c1F.C[Si](C)(C)C1=[C-]CC=C1.C[Si](C)(C)C1=[C-]CC=C1.[Ti+4]. The van der Waals surface area contributed by atoms with Gasteiger partial charge in [-0.15, -0.1) is 25.0 Å². The summed E-state index contributed by atoms with van der Waals surface area (Å²) in [5.74, 6) is -15.2. The second-order valence-corrected chi connectivity index (χ2v) is 25.2. The van der Waals surface area contributed by atoms with Crippen LogP contribution in [-0.4, -0.2) is 82.2 Å². The van der Waals surface area contributed by atoms with Gasteiger partial charge in [-0.25, -0.2) is 40.1 Å². The molecule has 0 N–H and O–H groups in total. The number of hydrogen-bond acceptors (Lipinski definition) is 6. The van der Waals surface area contributed by atoms with Crippen molar-refractivity contribution in [3.8, 4) is 11.5 Å². The fourth-order valence-electron chi connectivity index (χ4n) is 4.64. The summed E-state index contributed by atoms with van der Waals surface area (Å²) in [5, 5.41) is 2.98. The van der Waals surface area contributed by atoms with Crippen molar-refractivity contribution < 1.29 is 85.3 Å². The minimum Gasteiger partial charge on any atom is -0.511 e. The smallest absolute Gasteiger partial charge is 0.511 e. The van der Waals surface area contributed by atoms with Gasteiger partial charge in [-0.1, -0.05) is 66.0 Å². The molecule has 0 radical (unpaired) electrons. The summed E-state index contributed by atoms with van der Waals surface area (Å²) in [6.45, 7) is 20.4. The summed E-state index contributed by atoms with van der Waals surface area (Å²) in [5.41, 5.74) is 0. The second kappa shape index (κ2) is 32.1. The van der Waals surface area contributed by atoms with E-state index in [4.69, 9.17) is 18.9 Å². The predicted molar refractivity (Wildman–Crippen MR) is 222 cm³/mol. The Morgan fingerprint density at radius 1 is 0.459 bits per heavy atom. The molecule has 0 unspecified atom stereocenters. The molecule has 2 aliphatic carbocycles. The first-order chi connectivity index (χ1) is 28.4. The van der Waals surface area contributed by atoms with E-state index in [1.165, 1.54) is 22.5 Å². The third-order valence-electron chi connectivity index (χ3n) is 7.99. The average Bonchev–Trinajstić information content (AvgIpc) is 3.95. The minimum absolute atomic E-state index is 0. The van der Waals surface area contributed by atoms with Crippen molar-refractivity contribution in [1.29, 1.82) is 0 Å². The van der Waals surface area contributed by atoms with Crippen LogP contribution in [0.5, 0.6) is 11.5 Å². The molecule has 0 amide bonds. The summed E-state index contributed by atoms with van der Waals surface area (Å²) in [7, 11) is -2.01. The largest absolute Gasteiger partial charge is 4.00 e. The van der Waals surface area contributed by atoms with Crippen molar-refractivity contribution >= 4 is 16.1 Å². The summed E-state index contributed by atoms with van der Waals surface area (Å²) in [4.78, 5) is 0. The zero-order chi connectivity index (χ0) is 45.1. The van der Waals surface area contributed by atoms with Gasteiger partial charge in [0.2, 0.25) is 0 Å². The molecule has 2 aliphatic rings. The van der Waals surface area contributed by atoms with E-state index in [2.05, 4.69) is 85.2 Å². The number of benzene rings is 2. The van der Waals surface area contributed by atoms with Gasteiger partial charge in [0.05, 0.1) is 97.7 Å². The van der Waals surface area contributed by atoms with Gasteiger partial charge in [0, 0.05) is 29.4 Å². The van der Waals surface area contributed by atoms with E-state index < -0.39 is 74.2 Å². The van der Waals surface area contributed by atoms with Crippen molar-refractivity contribution in [1.82, 2.24) is 0 Å². The number of unbranched alkanes of at least 4 members (excludes halogenated alkanes) is 2. The molecule has 17 heteroatoms.